The van der Waals surface area contributed by atoms with Gasteiger partial charge in [-0.25, -0.2) is 0 Å². The molecule has 1 N–H and O–H groups in total. The van der Waals surface area contributed by atoms with Crippen LogP contribution in [-0.2, 0) is 7.05 Å². The molecule has 1 aliphatic rings. The van der Waals surface area contributed by atoms with Crippen molar-refractivity contribution in [1.29, 1.82) is 0 Å². The molecule has 0 bridgehead atoms. The fourth-order valence-electron chi connectivity index (χ4n) is 2.91. The lowest BCUT2D eigenvalue weighted by atomic mass is 10.1. The van der Waals surface area contributed by atoms with Gasteiger partial charge in [-0.05, 0) is 42.5 Å². The van der Waals surface area contributed by atoms with Gasteiger partial charge in [0.1, 0.15) is 5.69 Å². The third-order valence-corrected chi connectivity index (χ3v) is 4.45. The highest BCUT2D eigenvalue weighted by atomic mass is 35.5. The van der Waals surface area contributed by atoms with Crippen LogP contribution in [0.25, 0.3) is 11.3 Å². The molecule has 0 fully saturated rings. The normalized spacial score (nSPS) is 13.1. The van der Waals surface area contributed by atoms with Crippen molar-refractivity contribution in [2.24, 2.45) is 7.05 Å². The first-order valence-corrected chi connectivity index (χ1v) is 8.98. The van der Waals surface area contributed by atoms with Crippen LogP contribution in [0.5, 0.6) is 11.5 Å². The van der Waals surface area contributed by atoms with E-state index in [0.717, 1.165) is 12.0 Å². The van der Waals surface area contributed by atoms with E-state index in [4.69, 9.17) is 21.1 Å². The second-order valence-corrected chi connectivity index (χ2v) is 6.67. The highest BCUT2D eigenvalue weighted by Gasteiger charge is 2.20. The minimum Gasteiger partial charge on any atom is -0.490 e. The lowest BCUT2D eigenvalue weighted by Crippen LogP contribution is -2.12. The zero-order valence-electron chi connectivity index (χ0n) is 14.7. The number of hydrogen-bond acceptors (Lipinski definition) is 4. The van der Waals surface area contributed by atoms with Crippen LogP contribution in [0.4, 0.5) is 5.69 Å². The number of ether oxygens (including phenoxy) is 2. The topological polar surface area (TPSA) is 65.4 Å². The molecule has 27 heavy (non-hydrogen) atoms. The summed E-state index contributed by atoms with van der Waals surface area (Å²) in [5.41, 5.74) is 2.51. The highest BCUT2D eigenvalue weighted by molar-refractivity contribution is 6.30. The third-order valence-electron chi connectivity index (χ3n) is 4.20. The van der Waals surface area contributed by atoms with Crippen molar-refractivity contribution in [3.8, 4) is 22.8 Å². The Morgan fingerprint density at radius 3 is 2.63 bits per heavy atom. The fourth-order valence-corrected chi connectivity index (χ4v) is 3.04. The van der Waals surface area contributed by atoms with Crippen molar-refractivity contribution < 1.29 is 14.3 Å². The minimum absolute atomic E-state index is 0.243. The number of carbonyl (C=O) groups is 1. The molecule has 7 heteroatoms. The Balaban J connectivity index is 1.65. The summed E-state index contributed by atoms with van der Waals surface area (Å²) in [6.45, 7) is 1.23. The molecule has 1 amide bonds. The number of hydrogen-bond donors (Lipinski definition) is 1. The molecule has 6 nitrogen and oxygen atoms in total. The van der Waals surface area contributed by atoms with Gasteiger partial charge in [0.15, 0.2) is 11.5 Å². The van der Waals surface area contributed by atoms with Gasteiger partial charge in [-0.3, -0.25) is 9.48 Å². The van der Waals surface area contributed by atoms with E-state index in [0.29, 0.717) is 46.7 Å². The lowest BCUT2D eigenvalue weighted by molar-refractivity contribution is 0.102. The molecule has 1 aliphatic heterocycles. The lowest BCUT2D eigenvalue weighted by Gasteiger charge is -2.09. The van der Waals surface area contributed by atoms with Gasteiger partial charge in [0.2, 0.25) is 0 Å². The average molecular weight is 384 g/mol. The van der Waals surface area contributed by atoms with Crippen LogP contribution in [0.15, 0.2) is 48.7 Å². The highest BCUT2D eigenvalue weighted by Crippen LogP contribution is 2.35. The van der Waals surface area contributed by atoms with Crippen molar-refractivity contribution in [3.05, 3.63) is 59.2 Å². The quantitative estimate of drug-likeness (QED) is 0.737. The number of aromatic nitrogens is 2. The number of rotatable bonds is 3. The first kappa shape index (κ1) is 17.4. The van der Waals surface area contributed by atoms with Crippen LogP contribution >= 0.6 is 11.6 Å². The first-order chi connectivity index (χ1) is 13.1. The molecule has 0 unspecified atom stereocenters. The molecule has 0 spiro atoms. The van der Waals surface area contributed by atoms with Gasteiger partial charge in [-0.15, -0.1) is 0 Å². The van der Waals surface area contributed by atoms with Gasteiger partial charge < -0.3 is 14.8 Å². The predicted molar refractivity (Wildman–Crippen MR) is 104 cm³/mol. The van der Waals surface area contributed by atoms with Gasteiger partial charge in [0, 0.05) is 35.9 Å². The number of amides is 1. The molecule has 138 valence electrons. The molecular formula is C20H18ClN3O3. The summed E-state index contributed by atoms with van der Waals surface area (Å²) in [6.07, 6.45) is 2.53. The van der Waals surface area contributed by atoms with Crippen molar-refractivity contribution in [3.63, 3.8) is 0 Å². The van der Waals surface area contributed by atoms with Crippen molar-refractivity contribution in [2.45, 2.75) is 6.42 Å². The maximum absolute atomic E-state index is 12.8. The maximum atomic E-state index is 12.8. The van der Waals surface area contributed by atoms with E-state index in [1.165, 1.54) is 0 Å². The molecule has 0 saturated heterocycles. The number of benzene rings is 2. The second kappa shape index (κ2) is 7.32. The SMILES string of the molecule is Cn1cc(C(=O)Nc2ccc(Cl)cc2)c(-c2ccc3c(c2)OCCCO3)n1. The molecular weight excluding hydrogens is 366 g/mol. The van der Waals surface area contributed by atoms with Crippen LogP contribution < -0.4 is 14.8 Å². The van der Waals surface area contributed by atoms with Crippen LogP contribution in [0, 0.1) is 0 Å². The molecule has 0 aliphatic carbocycles. The summed E-state index contributed by atoms with van der Waals surface area (Å²) in [7, 11) is 1.78. The van der Waals surface area contributed by atoms with Gasteiger partial charge in [-0.2, -0.15) is 5.10 Å². The molecule has 2 heterocycles. The summed E-state index contributed by atoms with van der Waals surface area (Å²) >= 11 is 5.90. The van der Waals surface area contributed by atoms with Crippen LogP contribution in [-0.4, -0.2) is 28.9 Å². The smallest absolute Gasteiger partial charge is 0.259 e. The van der Waals surface area contributed by atoms with Crippen LogP contribution in [0.2, 0.25) is 5.02 Å². The van der Waals surface area contributed by atoms with E-state index < -0.39 is 0 Å². The van der Waals surface area contributed by atoms with E-state index in [9.17, 15) is 4.79 Å². The van der Waals surface area contributed by atoms with E-state index >= 15 is 0 Å². The van der Waals surface area contributed by atoms with E-state index in [1.807, 2.05) is 18.2 Å². The minimum atomic E-state index is -0.243. The monoisotopic (exact) mass is 383 g/mol. The van der Waals surface area contributed by atoms with E-state index in [-0.39, 0.29) is 5.91 Å². The Morgan fingerprint density at radius 1 is 1.11 bits per heavy atom. The van der Waals surface area contributed by atoms with Crippen LogP contribution in [0.3, 0.4) is 0 Å². The summed E-state index contributed by atoms with van der Waals surface area (Å²) in [6, 6.07) is 12.6. The van der Waals surface area contributed by atoms with E-state index in [1.54, 1.807) is 42.2 Å². The number of fused-ring (bicyclic) bond motifs is 1. The molecule has 4 rings (SSSR count). The Bertz CT molecular complexity index is 983. The zero-order chi connectivity index (χ0) is 18.8. The Labute approximate surface area is 161 Å². The van der Waals surface area contributed by atoms with E-state index in [2.05, 4.69) is 10.4 Å². The van der Waals surface area contributed by atoms with Gasteiger partial charge in [0.05, 0.1) is 18.8 Å². The first-order valence-electron chi connectivity index (χ1n) is 8.61. The number of nitrogens with zero attached hydrogens (tertiary/aromatic N) is 2. The molecule has 3 aromatic rings. The molecule has 0 atom stereocenters. The second-order valence-electron chi connectivity index (χ2n) is 6.24. The van der Waals surface area contributed by atoms with Crippen molar-refractivity contribution in [2.75, 3.05) is 18.5 Å². The van der Waals surface area contributed by atoms with Gasteiger partial charge in [-0.1, -0.05) is 11.6 Å². The average Bonchev–Trinajstić information content (AvgIpc) is 2.91. The fraction of sp³-hybridized carbons (Fsp3) is 0.200. The molecule has 2 aromatic carbocycles. The molecule has 0 radical (unpaired) electrons. The third kappa shape index (κ3) is 3.75. The number of halogens is 1. The van der Waals surface area contributed by atoms with Gasteiger partial charge in [0.25, 0.3) is 5.91 Å². The summed E-state index contributed by atoms with van der Waals surface area (Å²) < 4.78 is 13.0. The number of nitrogens with one attached hydrogen (secondary N) is 1. The van der Waals surface area contributed by atoms with Crippen LogP contribution in [0.1, 0.15) is 16.8 Å². The number of anilines is 1. The Hall–Kier alpha value is -2.99. The standard InChI is InChI=1S/C20H18ClN3O3/c1-24-12-16(20(25)22-15-6-4-14(21)5-7-15)19(23-24)13-3-8-17-18(11-13)27-10-2-9-26-17/h3-8,11-12H,2,9-10H2,1H3,(H,22,25). The number of carbonyl (C=O) groups excluding carboxylic acids is 1. The van der Waals surface area contributed by atoms with Gasteiger partial charge >= 0.3 is 0 Å². The Kier molecular flexibility index (Phi) is 4.73. The zero-order valence-corrected chi connectivity index (χ0v) is 15.5. The molecule has 1 aromatic heterocycles. The van der Waals surface area contributed by atoms with Crippen molar-refractivity contribution >= 4 is 23.2 Å². The Morgan fingerprint density at radius 2 is 1.85 bits per heavy atom. The summed E-state index contributed by atoms with van der Waals surface area (Å²) in [4.78, 5) is 12.8. The summed E-state index contributed by atoms with van der Waals surface area (Å²) in [5, 5.41) is 7.96. The summed E-state index contributed by atoms with van der Waals surface area (Å²) in [5.74, 6) is 1.13. The maximum Gasteiger partial charge on any atom is 0.259 e. The number of aryl methyl sites for hydroxylation is 1. The predicted octanol–water partition coefficient (Wildman–Crippen LogP) is 4.15. The largest absolute Gasteiger partial charge is 0.490 e. The van der Waals surface area contributed by atoms with Crippen molar-refractivity contribution in [1.82, 2.24) is 9.78 Å². The molecule has 0 saturated carbocycles.